The second-order valence-electron chi connectivity index (χ2n) is 9.34. The van der Waals surface area contributed by atoms with Crippen molar-refractivity contribution in [1.82, 2.24) is 29.9 Å². The standard InChI is InChI=1S/C33H21N6.Ir/c1-10-25-31(22-7-4-16-34-19-22)27-12-2-14-29(38-27)33(24-9-6-18-36-21-24)30-15-3-13-28(39-30)32(26(11-1)37-25)23-8-5-17-35-20-23;/h1-6,10-21,31-33H;/q-3;+3. The van der Waals surface area contributed by atoms with Crippen molar-refractivity contribution in [3.8, 4) is 0 Å². The number of hydrogen-bond donors (Lipinski definition) is 0. The van der Waals surface area contributed by atoms with Crippen LogP contribution in [0.1, 0.15) is 68.6 Å². The summed E-state index contributed by atoms with van der Waals surface area (Å²) in [6.07, 6.45) is 10.7. The van der Waals surface area contributed by atoms with Gasteiger partial charge in [-0.25, -0.2) is 0 Å². The van der Waals surface area contributed by atoms with Gasteiger partial charge in [-0.1, -0.05) is 55.4 Å². The van der Waals surface area contributed by atoms with Gasteiger partial charge < -0.3 is 15.0 Å². The van der Waals surface area contributed by atoms with Crippen molar-refractivity contribution in [2.45, 2.75) is 17.8 Å². The Morgan fingerprint density at radius 2 is 0.700 bits per heavy atom. The zero-order chi connectivity index (χ0) is 26.0. The normalized spacial score (nSPS) is 17.6. The molecule has 0 atom stereocenters. The van der Waals surface area contributed by atoms with Gasteiger partial charge >= 0.3 is 20.1 Å². The summed E-state index contributed by atoms with van der Waals surface area (Å²) in [5, 5.41) is 0. The van der Waals surface area contributed by atoms with E-state index >= 15 is 0 Å². The summed E-state index contributed by atoms with van der Waals surface area (Å²) < 4.78 is 0. The number of rotatable bonds is 3. The Kier molecular flexibility index (Phi) is 7.32. The molecule has 0 N–H and O–H groups in total. The molecule has 0 aromatic carbocycles. The molecule has 6 bridgehead atoms. The summed E-state index contributed by atoms with van der Waals surface area (Å²) in [6.45, 7) is 0. The van der Waals surface area contributed by atoms with Crippen LogP contribution in [-0.4, -0.2) is 29.9 Å². The summed E-state index contributed by atoms with van der Waals surface area (Å²) in [5.41, 5.74) is 7.84. The summed E-state index contributed by atoms with van der Waals surface area (Å²) in [7, 11) is 0. The fourth-order valence-electron chi connectivity index (χ4n) is 5.27. The molecule has 7 rings (SSSR count). The minimum Gasteiger partial charge on any atom is -0.391 e. The van der Waals surface area contributed by atoms with E-state index in [1.807, 2.05) is 91.4 Å². The Balaban J connectivity index is 0.00000289. The van der Waals surface area contributed by atoms with E-state index in [0.29, 0.717) is 0 Å². The molecule has 0 saturated heterocycles. The van der Waals surface area contributed by atoms with Crippen LogP contribution in [0.4, 0.5) is 0 Å². The first-order chi connectivity index (χ1) is 19.3. The van der Waals surface area contributed by atoms with Crippen molar-refractivity contribution in [2.24, 2.45) is 0 Å². The van der Waals surface area contributed by atoms with Gasteiger partial charge in [0.2, 0.25) is 0 Å². The quantitative estimate of drug-likeness (QED) is 0.234. The van der Waals surface area contributed by atoms with E-state index in [1.54, 1.807) is 18.6 Å². The zero-order valence-corrected chi connectivity index (χ0v) is 23.5. The van der Waals surface area contributed by atoms with E-state index in [9.17, 15) is 0 Å². The van der Waals surface area contributed by atoms with Gasteiger partial charge in [0.25, 0.3) is 0 Å². The van der Waals surface area contributed by atoms with E-state index in [-0.39, 0.29) is 37.9 Å². The van der Waals surface area contributed by atoms with Crippen LogP contribution in [-0.2, 0) is 20.1 Å². The van der Waals surface area contributed by atoms with Crippen molar-refractivity contribution < 1.29 is 20.1 Å². The molecular weight excluding hydrogens is 673 g/mol. The average molecular weight is 694 g/mol. The van der Waals surface area contributed by atoms with E-state index in [1.165, 1.54) is 0 Å². The van der Waals surface area contributed by atoms with E-state index in [4.69, 9.17) is 15.0 Å². The largest absolute Gasteiger partial charge is 3.00 e. The van der Waals surface area contributed by atoms with Gasteiger partial charge in [-0.2, -0.15) is 36.4 Å². The van der Waals surface area contributed by atoms with Gasteiger partial charge in [0.1, 0.15) is 0 Å². The monoisotopic (exact) mass is 694 g/mol. The van der Waals surface area contributed by atoms with Crippen LogP contribution < -0.4 is 0 Å². The number of pyridine rings is 6. The molecule has 7 heteroatoms. The van der Waals surface area contributed by atoms with Gasteiger partial charge in [0, 0.05) is 17.8 Å². The molecule has 0 radical (unpaired) electrons. The molecule has 40 heavy (non-hydrogen) atoms. The van der Waals surface area contributed by atoms with Crippen LogP contribution in [0.5, 0.6) is 0 Å². The predicted molar refractivity (Wildman–Crippen MR) is 145 cm³/mol. The zero-order valence-electron chi connectivity index (χ0n) is 21.1. The molecule has 0 saturated carbocycles. The van der Waals surface area contributed by atoms with E-state index in [0.717, 1.165) is 50.9 Å². The second-order valence-corrected chi connectivity index (χ2v) is 9.34. The van der Waals surface area contributed by atoms with Gasteiger partial charge in [0.05, 0.1) is 34.2 Å². The topological polar surface area (TPSA) is 77.3 Å². The molecule has 1 aliphatic rings. The van der Waals surface area contributed by atoms with Crippen LogP contribution >= 0.6 is 0 Å². The fraction of sp³-hybridized carbons (Fsp3) is 0.0909. The maximum Gasteiger partial charge on any atom is 3.00 e. The molecule has 0 unspecified atom stereocenters. The first kappa shape index (κ1) is 25.8. The van der Waals surface area contributed by atoms with E-state index in [2.05, 4.69) is 33.2 Å². The minimum atomic E-state index is -0.263. The second kappa shape index (κ2) is 11.3. The molecule has 0 aliphatic carbocycles. The number of aromatic nitrogens is 6. The molecule has 0 fully saturated rings. The van der Waals surface area contributed by atoms with Crippen LogP contribution in [0.15, 0.2) is 110 Å². The molecule has 6 aromatic rings. The van der Waals surface area contributed by atoms with Crippen LogP contribution in [0.25, 0.3) is 0 Å². The smallest absolute Gasteiger partial charge is 0.391 e. The van der Waals surface area contributed by atoms with Crippen LogP contribution in [0, 0.1) is 18.2 Å². The number of hydrogen-bond acceptors (Lipinski definition) is 6. The van der Waals surface area contributed by atoms with Gasteiger partial charge in [-0.3, -0.25) is 15.0 Å². The summed E-state index contributed by atoms with van der Waals surface area (Å²) in [5.74, 6) is -0.788. The van der Waals surface area contributed by atoms with Crippen LogP contribution in [0.2, 0.25) is 0 Å². The number of fused-ring (bicyclic) bond motifs is 6. The third-order valence-corrected chi connectivity index (χ3v) is 6.96. The maximum atomic E-state index is 5.21. The Labute approximate surface area is 246 Å². The Hall–Kier alpha value is -4.45. The summed E-state index contributed by atoms with van der Waals surface area (Å²) in [6, 6.07) is 33.9. The maximum absolute atomic E-state index is 5.21. The first-order valence-electron chi connectivity index (χ1n) is 12.7. The van der Waals surface area contributed by atoms with Crippen molar-refractivity contribution in [1.29, 1.82) is 0 Å². The predicted octanol–water partition coefficient (Wildman–Crippen LogP) is 5.31. The molecule has 192 valence electrons. The van der Waals surface area contributed by atoms with Gasteiger partial charge in [0.15, 0.2) is 0 Å². The molecule has 6 nitrogen and oxygen atoms in total. The molecule has 0 spiro atoms. The summed E-state index contributed by atoms with van der Waals surface area (Å²) >= 11 is 0. The fourth-order valence-corrected chi connectivity index (χ4v) is 5.27. The number of nitrogens with zero attached hydrogens (tertiary/aromatic N) is 6. The SMILES string of the molecule is [Ir+3].[c-]1ccncc1C1c2cccc(n2)C(c2[c-]ccnc2)c2cccc(n2)C(c2[c-]ccnc2)c2cccc1n2. The Bertz CT molecular complexity index is 1470. The molecule has 0 amide bonds. The van der Waals surface area contributed by atoms with E-state index < -0.39 is 0 Å². The molecular formula is C33H21IrN6. The van der Waals surface area contributed by atoms with Gasteiger partial charge in [-0.05, 0) is 36.4 Å². The average Bonchev–Trinajstić information content (AvgIpc) is 3.00. The van der Waals surface area contributed by atoms with Crippen molar-refractivity contribution in [2.75, 3.05) is 0 Å². The minimum absolute atomic E-state index is 0. The first-order valence-corrected chi connectivity index (χ1v) is 12.7. The van der Waals surface area contributed by atoms with Crippen molar-refractivity contribution in [3.63, 3.8) is 0 Å². The third kappa shape index (κ3) is 4.86. The van der Waals surface area contributed by atoms with Gasteiger partial charge in [-0.15, -0.1) is 16.7 Å². The molecule has 7 heterocycles. The summed E-state index contributed by atoms with van der Waals surface area (Å²) in [4.78, 5) is 28.8. The molecule has 6 aromatic heterocycles. The van der Waals surface area contributed by atoms with Crippen molar-refractivity contribution in [3.05, 3.63) is 179 Å². The van der Waals surface area contributed by atoms with Crippen molar-refractivity contribution >= 4 is 0 Å². The Morgan fingerprint density at radius 1 is 0.425 bits per heavy atom. The van der Waals surface area contributed by atoms with Crippen LogP contribution in [0.3, 0.4) is 0 Å². The molecule has 1 aliphatic heterocycles. The Morgan fingerprint density at radius 3 is 0.925 bits per heavy atom. The third-order valence-electron chi connectivity index (χ3n) is 6.96.